The summed E-state index contributed by atoms with van der Waals surface area (Å²) in [6.45, 7) is 7.37. The van der Waals surface area contributed by atoms with Crippen molar-refractivity contribution >= 4 is 5.97 Å². The van der Waals surface area contributed by atoms with Crippen LogP contribution in [0.15, 0.2) is 12.2 Å². The fraction of sp³-hybridized carbons (Fsp3) is 0.812. The number of carbonyl (C=O) groups is 1. The van der Waals surface area contributed by atoms with Gasteiger partial charge in [0.15, 0.2) is 0 Å². The minimum Gasteiger partial charge on any atom is -0.456 e. The Balaban J connectivity index is 1.89. The molecule has 0 spiro atoms. The number of hydrogen-bond acceptors (Lipinski definition) is 4. The smallest absolute Gasteiger partial charge is 0.333 e. The summed E-state index contributed by atoms with van der Waals surface area (Å²) in [4.78, 5) is 12.0. The van der Waals surface area contributed by atoms with Gasteiger partial charge in [0, 0.05) is 12.0 Å². The van der Waals surface area contributed by atoms with Gasteiger partial charge >= 0.3 is 5.97 Å². The molecular formula is C16H24O4. The highest BCUT2D eigenvalue weighted by molar-refractivity contribution is 5.87. The van der Waals surface area contributed by atoms with Crippen molar-refractivity contribution in [2.75, 3.05) is 6.79 Å². The summed E-state index contributed by atoms with van der Waals surface area (Å²) in [5.41, 5.74) is -0.121. The lowest BCUT2D eigenvalue weighted by atomic mass is 9.46. The van der Waals surface area contributed by atoms with E-state index in [2.05, 4.69) is 13.5 Å². The zero-order valence-corrected chi connectivity index (χ0v) is 12.4. The molecule has 1 N–H and O–H groups in total. The van der Waals surface area contributed by atoms with Gasteiger partial charge < -0.3 is 14.6 Å². The first-order chi connectivity index (χ1) is 9.29. The molecular weight excluding hydrogens is 256 g/mol. The highest BCUT2D eigenvalue weighted by atomic mass is 16.6. The SMILES string of the molecule is C=C(C)C(=O)OC12CC3CC(C)(CC(OCO)(C3)C1)C2. The number of carbonyl (C=O) groups excluding carboxylic acids is 1. The Kier molecular flexibility index (Phi) is 3.04. The van der Waals surface area contributed by atoms with E-state index < -0.39 is 5.60 Å². The van der Waals surface area contributed by atoms with Gasteiger partial charge in [-0.1, -0.05) is 13.5 Å². The van der Waals surface area contributed by atoms with Gasteiger partial charge in [-0.05, 0) is 50.4 Å². The molecule has 4 fully saturated rings. The molecule has 0 aromatic heterocycles. The fourth-order valence-corrected chi connectivity index (χ4v) is 5.42. The summed E-state index contributed by atoms with van der Waals surface area (Å²) < 4.78 is 11.6. The van der Waals surface area contributed by atoms with Crippen LogP contribution in [0, 0.1) is 11.3 Å². The Labute approximate surface area is 120 Å². The van der Waals surface area contributed by atoms with Crippen LogP contribution in [-0.2, 0) is 14.3 Å². The van der Waals surface area contributed by atoms with E-state index in [-0.39, 0.29) is 23.8 Å². The normalized spacial score (nSPS) is 45.5. The van der Waals surface area contributed by atoms with Crippen LogP contribution in [-0.4, -0.2) is 29.1 Å². The summed E-state index contributed by atoms with van der Waals surface area (Å²) >= 11 is 0. The molecule has 0 amide bonds. The second kappa shape index (κ2) is 4.31. The molecule has 4 rings (SSSR count). The summed E-state index contributed by atoms with van der Waals surface area (Å²) in [7, 11) is 0. The predicted molar refractivity (Wildman–Crippen MR) is 73.8 cm³/mol. The van der Waals surface area contributed by atoms with Crippen molar-refractivity contribution in [3.63, 3.8) is 0 Å². The lowest BCUT2D eigenvalue weighted by molar-refractivity contribution is -0.265. The summed E-state index contributed by atoms with van der Waals surface area (Å²) in [6.07, 6.45) is 5.67. The Hall–Kier alpha value is -0.870. The molecule has 4 aliphatic rings. The standard InChI is InChI=1S/C16H24O4/c1-11(2)13(18)20-16-6-12-4-14(3,8-16)7-15(5-12,9-16)19-10-17/h12,17H,1,4-10H2,2-3H3. The van der Waals surface area contributed by atoms with Crippen LogP contribution in [0.25, 0.3) is 0 Å². The van der Waals surface area contributed by atoms with E-state index in [4.69, 9.17) is 9.47 Å². The number of aliphatic hydroxyl groups excluding tert-OH is 1. The molecule has 20 heavy (non-hydrogen) atoms. The Bertz CT molecular complexity index is 459. The van der Waals surface area contributed by atoms with E-state index in [1.165, 1.54) is 6.42 Å². The molecule has 4 saturated carbocycles. The van der Waals surface area contributed by atoms with Crippen LogP contribution >= 0.6 is 0 Å². The van der Waals surface area contributed by atoms with Gasteiger partial charge in [0.1, 0.15) is 12.4 Å². The van der Waals surface area contributed by atoms with E-state index in [9.17, 15) is 9.90 Å². The molecule has 0 heterocycles. The molecule has 4 atom stereocenters. The van der Waals surface area contributed by atoms with Crippen LogP contribution in [0.2, 0.25) is 0 Å². The molecule has 112 valence electrons. The molecule has 0 radical (unpaired) electrons. The number of hydrogen-bond donors (Lipinski definition) is 1. The number of aliphatic hydroxyl groups is 1. The van der Waals surface area contributed by atoms with Crippen LogP contribution in [0.5, 0.6) is 0 Å². The lowest BCUT2D eigenvalue weighted by Crippen LogP contribution is -2.64. The molecule has 4 unspecified atom stereocenters. The maximum Gasteiger partial charge on any atom is 0.333 e. The fourth-order valence-electron chi connectivity index (χ4n) is 5.42. The predicted octanol–water partition coefficient (Wildman–Crippen LogP) is 2.55. The van der Waals surface area contributed by atoms with Crippen LogP contribution < -0.4 is 0 Å². The van der Waals surface area contributed by atoms with Crippen LogP contribution in [0.4, 0.5) is 0 Å². The molecule has 4 aliphatic carbocycles. The van der Waals surface area contributed by atoms with Crippen molar-refractivity contribution in [3.8, 4) is 0 Å². The average Bonchev–Trinajstić information content (AvgIpc) is 2.23. The first-order valence-corrected chi connectivity index (χ1v) is 7.43. The summed E-state index contributed by atoms with van der Waals surface area (Å²) in [5.74, 6) is 0.232. The zero-order valence-electron chi connectivity index (χ0n) is 12.4. The highest BCUT2D eigenvalue weighted by Crippen LogP contribution is 2.65. The highest BCUT2D eigenvalue weighted by Gasteiger charge is 2.64. The third kappa shape index (κ3) is 2.19. The van der Waals surface area contributed by atoms with Gasteiger partial charge in [-0.25, -0.2) is 4.79 Å². The average molecular weight is 280 g/mol. The van der Waals surface area contributed by atoms with E-state index in [1.807, 2.05) is 0 Å². The van der Waals surface area contributed by atoms with E-state index >= 15 is 0 Å². The van der Waals surface area contributed by atoms with Crippen molar-refractivity contribution in [3.05, 3.63) is 12.2 Å². The molecule has 0 aliphatic heterocycles. The lowest BCUT2D eigenvalue weighted by Gasteiger charge is -2.64. The topological polar surface area (TPSA) is 55.8 Å². The summed E-state index contributed by atoms with van der Waals surface area (Å²) in [5, 5.41) is 9.22. The van der Waals surface area contributed by atoms with E-state index in [0.29, 0.717) is 17.9 Å². The minimum absolute atomic E-state index is 0.157. The van der Waals surface area contributed by atoms with Crippen LogP contribution in [0.1, 0.15) is 52.4 Å². The van der Waals surface area contributed by atoms with Gasteiger partial charge in [0.25, 0.3) is 0 Å². The Morgan fingerprint density at radius 2 is 1.90 bits per heavy atom. The Morgan fingerprint density at radius 1 is 1.25 bits per heavy atom. The molecule has 4 bridgehead atoms. The van der Waals surface area contributed by atoms with E-state index in [0.717, 1.165) is 25.7 Å². The maximum absolute atomic E-state index is 12.0. The molecule has 4 heteroatoms. The largest absolute Gasteiger partial charge is 0.456 e. The second-order valence-electron chi connectivity index (χ2n) is 7.63. The van der Waals surface area contributed by atoms with Crippen LogP contribution in [0.3, 0.4) is 0 Å². The Morgan fingerprint density at radius 3 is 2.50 bits per heavy atom. The third-order valence-corrected chi connectivity index (χ3v) is 5.27. The molecule has 4 nitrogen and oxygen atoms in total. The first kappa shape index (κ1) is 14.1. The molecule has 0 aromatic carbocycles. The number of rotatable bonds is 4. The van der Waals surface area contributed by atoms with Gasteiger partial charge in [-0.3, -0.25) is 0 Å². The van der Waals surface area contributed by atoms with Gasteiger partial charge in [-0.2, -0.15) is 0 Å². The van der Waals surface area contributed by atoms with Crippen molar-refractivity contribution in [2.24, 2.45) is 11.3 Å². The van der Waals surface area contributed by atoms with Crippen molar-refractivity contribution in [1.29, 1.82) is 0 Å². The van der Waals surface area contributed by atoms with Gasteiger partial charge in [0.05, 0.1) is 5.60 Å². The first-order valence-electron chi connectivity index (χ1n) is 7.43. The minimum atomic E-state index is -0.417. The second-order valence-corrected chi connectivity index (χ2v) is 7.63. The zero-order chi connectivity index (χ0) is 14.6. The van der Waals surface area contributed by atoms with E-state index in [1.54, 1.807) is 6.92 Å². The maximum atomic E-state index is 12.0. The quantitative estimate of drug-likeness (QED) is 0.488. The van der Waals surface area contributed by atoms with Crippen molar-refractivity contribution < 1.29 is 19.4 Å². The van der Waals surface area contributed by atoms with Gasteiger partial charge in [-0.15, -0.1) is 0 Å². The molecule has 0 aromatic rings. The van der Waals surface area contributed by atoms with Crippen molar-refractivity contribution in [1.82, 2.24) is 0 Å². The van der Waals surface area contributed by atoms with Crippen molar-refractivity contribution in [2.45, 2.75) is 63.6 Å². The molecule has 0 saturated heterocycles. The number of esters is 1. The number of ether oxygens (including phenoxy) is 2. The monoisotopic (exact) mass is 280 g/mol. The van der Waals surface area contributed by atoms with Gasteiger partial charge in [0.2, 0.25) is 0 Å². The third-order valence-electron chi connectivity index (χ3n) is 5.27. The summed E-state index contributed by atoms with van der Waals surface area (Å²) in [6, 6.07) is 0.